The Morgan fingerprint density at radius 3 is 2.81 bits per heavy atom. The summed E-state index contributed by atoms with van der Waals surface area (Å²) in [4.78, 5) is 21.4. The molecule has 0 aliphatic heterocycles. The second kappa shape index (κ2) is 9.61. The van der Waals surface area contributed by atoms with Crippen molar-refractivity contribution in [2.45, 2.75) is 11.8 Å². The number of imidazole rings is 1. The molecule has 0 aliphatic carbocycles. The first kappa shape index (κ1) is 20.9. The van der Waals surface area contributed by atoms with Crippen LogP contribution in [-0.2, 0) is 17.6 Å². The van der Waals surface area contributed by atoms with E-state index in [-0.39, 0.29) is 17.5 Å². The number of rotatable bonds is 8. The Bertz CT molecular complexity index is 1160. The number of oxazole rings is 1. The number of halogens is 1. The van der Waals surface area contributed by atoms with Crippen LogP contribution in [0, 0.1) is 5.82 Å². The van der Waals surface area contributed by atoms with Gasteiger partial charge in [0.15, 0.2) is 0 Å². The Morgan fingerprint density at radius 1 is 1.23 bits per heavy atom. The molecule has 1 unspecified atom stereocenters. The number of amides is 1. The molecule has 0 bridgehead atoms. The molecule has 1 atom stereocenters. The molecule has 0 fully saturated rings. The Labute approximate surface area is 183 Å². The van der Waals surface area contributed by atoms with Crippen LogP contribution in [0.15, 0.2) is 77.7 Å². The fraction of sp³-hybridized carbons (Fsp3) is 0.174. The van der Waals surface area contributed by atoms with E-state index in [1.54, 1.807) is 30.8 Å². The van der Waals surface area contributed by atoms with Crippen molar-refractivity contribution in [2.24, 2.45) is 7.05 Å². The lowest BCUT2D eigenvalue weighted by molar-refractivity contribution is -0.119. The van der Waals surface area contributed by atoms with Gasteiger partial charge in [-0.15, -0.1) is 11.8 Å². The van der Waals surface area contributed by atoms with E-state index in [0.717, 1.165) is 11.3 Å². The molecule has 31 heavy (non-hydrogen) atoms. The lowest BCUT2D eigenvalue weighted by Crippen LogP contribution is -2.32. The van der Waals surface area contributed by atoms with Gasteiger partial charge in [0.1, 0.15) is 23.9 Å². The lowest BCUT2D eigenvalue weighted by Gasteiger charge is -2.19. The molecule has 4 aromatic rings. The van der Waals surface area contributed by atoms with Crippen molar-refractivity contribution < 1.29 is 13.6 Å². The van der Waals surface area contributed by atoms with E-state index < -0.39 is 6.04 Å². The third-order valence-electron chi connectivity index (χ3n) is 4.66. The minimum Gasteiger partial charge on any atom is -0.444 e. The highest BCUT2D eigenvalue weighted by Gasteiger charge is 2.21. The van der Waals surface area contributed by atoms with E-state index in [1.807, 2.05) is 41.9 Å². The zero-order valence-electron chi connectivity index (χ0n) is 16.9. The third kappa shape index (κ3) is 5.21. The topological polar surface area (TPSA) is 73.0 Å². The summed E-state index contributed by atoms with van der Waals surface area (Å²) < 4.78 is 21.1. The summed E-state index contributed by atoms with van der Waals surface area (Å²) in [5.74, 6) is 1.42. The van der Waals surface area contributed by atoms with E-state index in [0.29, 0.717) is 23.0 Å². The number of nitrogens with one attached hydrogen (secondary N) is 1. The van der Waals surface area contributed by atoms with Crippen LogP contribution in [0.4, 0.5) is 4.39 Å². The second-order valence-electron chi connectivity index (χ2n) is 6.95. The summed E-state index contributed by atoms with van der Waals surface area (Å²) >= 11 is 1.43. The van der Waals surface area contributed by atoms with Crippen molar-refractivity contribution in [1.29, 1.82) is 0 Å². The molecule has 6 nitrogen and oxygen atoms in total. The summed E-state index contributed by atoms with van der Waals surface area (Å²) in [5.41, 5.74) is 2.31. The molecule has 0 saturated heterocycles. The quantitative estimate of drug-likeness (QED) is 0.445. The van der Waals surface area contributed by atoms with Crippen molar-refractivity contribution >= 4 is 17.7 Å². The van der Waals surface area contributed by atoms with Crippen molar-refractivity contribution in [3.8, 4) is 11.5 Å². The number of benzene rings is 2. The number of hydrogen-bond acceptors (Lipinski definition) is 5. The number of aromatic nitrogens is 3. The molecule has 0 spiro atoms. The number of hydrogen-bond donors (Lipinski definition) is 1. The first-order valence-electron chi connectivity index (χ1n) is 9.70. The molecule has 0 saturated carbocycles. The largest absolute Gasteiger partial charge is 0.444 e. The minimum atomic E-state index is -0.541. The normalized spacial score (nSPS) is 11.9. The van der Waals surface area contributed by atoms with Gasteiger partial charge in [-0.05, 0) is 29.8 Å². The molecule has 0 aliphatic rings. The highest BCUT2D eigenvalue weighted by Crippen LogP contribution is 2.23. The van der Waals surface area contributed by atoms with Crippen molar-refractivity contribution in [1.82, 2.24) is 19.9 Å². The Balaban J connectivity index is 1.37. The predicted molar refractivity (Wildman–Crippen MR) is 118 cm³/mol. The Kier molecular flexibility index (Phi) is 6.47. The first-order chi connectivity index (χ1) is 15.1. The summed E-state index contributed by atoms with van der Waals surface area (Å²) in [6.07, 6.45) is 5.05. The summed E-state index contributed by atoms with van der Waals surface area (Å²) in [6.45, 7) is 0. The smallest absolute Gasteiger partial charge is 0.230 e. The monoisotopic (exact) mass is 436 g/mol. The van der Waals surface area contributed by atoms with Crippen LogP contribution < -0.4 is 5.32 Å². The fourth-order valence-electron chi connectivity index (χ4n) is 3.18. The van der Waals surface area contributed by atoms with Crippen molar-refractivity contribution in [2.75, 3.05) is 5.75 Å². The van der Waals surface area contributed by atoms with Gasteiger partial charge in [0.2, 0.25) is 11.8 Å². The van der Waals surface area contributed by atoms with Gasteiger partial charge < -0.3 is 14.3 Å². The first-order valence-corrected chi connectivity index (χ1v) is 10.9. The van der Waals surface area contributed by atoms with E-state index in [9.17, 15) is 9.18 Å². The zero-order chi connectivity index (χ0) is 21.6. The van der Waals surface area contributed by atoms with E-state index in [4.69, 9.17) is 4.42 Å². The average molecular weight is 437 g/mol. The Hall–Kier alpha value is -3.39. The number of thioether (sulfide) groups is 1. The van der Waals surface area contributed by atoms with E-state index in [2.05, 4.69) is 15.3 Å². The molecular weight excluding hydrogens is 415 g/mol. The van der Waals surface area contributed by atoms with Gasteiger partial charge in [0, 0.05) is 30.8 Å². The molecule has 1 N–H and O–H groups in total. The molecule has 2 aromatic heterocycles. The van der Waals surface area contributed by atoms with Gasteiger partial charge in [-0.25, -0.2) is 14.4 Å². The van der Waals surface area contributed by atoms with Gasteiger partial charge in [-0.3, -0.25) is 4.79 Å². The molecule has 0 radical (unpaired) electrons. The van der Waals surface area contributed by atoms with Crippen LogP contribution in [0.2, 0.25) is 0 Å². The van der Waals surface area contributed by atoms with E-state index in [1.165, 1.54) is 23.9 Å². The van der Waals surface area contributed by atoms with Crippen LogP contribution in [0.5, 0.6) is 0 Å². The van der Waals surface area contributed by atoms with Crippen LogP contribution in [0.3, 0.4) is 0 Å². The molecular formula is C23H21FN4O2S. The lowest BCUT2D eigenvalue weighted by atomic mass is 10.1. The van der Waals surface area contributed by atoms with Gasteiger partial charge in [-0.2, -0.15) is 0 Å². The second-order valence-corrected chi connectivity index (χ2v) is 7.94. The van der Waals surface area contributed by atoms with Crippen LogP contribution in [0.1, 0.15) is 23.1 Å². The third-order valence-corrected chi connectivity index (χ3v) is 5.63. The van der Waals surface area contributed by atoms with Gasteiger partial charge >= 0.3 is 0 Å². The van der Waals surface area contributed by atoms with E-state index >= 15 is 0 Å². The SMILES string of the molecule is Cn1ccnc1C(NC(=O)CSCc1coc(-c2ccccc2)n1)c1cccc(F)c1. The van der Waals surface area contributed by atoms with Gasteiger partial charge in [0.05, 0.1) is 11.4 Å². The molecule has 1 amide bonds. The molecule has 2 heterocycles. The predicted octanol–water partition coefficient (Wildman–Crippen LogP) is 4.35. The van der Waals surface area contributed by atoms with Gasteiger partial charge in [0.25, 0.3) is 0 Å². The van der Waals surface area contributed by atoms with Crippen LogP contribution in [0.25, 0.3) is 11.5 Å². The highest BCUT2D eigenvalue weighted by molar-refractivity contribution is 7.99. The minimum absolute atomic E-state index is 0.172. The maximum Gasteiger partial charge on any atom is 0.230 e. The number of carbonyl (C=O) groups is 1. The standard InChI is InChI=1S/C23H21FN4O2S/c1-28-11-10-25-22(28)21(17-8-5-9-18(24)12-17)27-20(29)15-31-14-19-13-30-23(26-19)16-6-3-2-4-7-16/h2-13,21H,14-15H2,1H3,(H,27,29). The van der Waals surface area contributed by atoms with Crippen molar-refractivity contribution in [3.63, 3.8) is 0 Å². The molecule has 2 aromatic carbocycles. The zero-order valence-corrected chi connectivity index (χ0v) is 17.7. The van der Waals surface area contributed by atoms with Crippen molar-refractivity contribution in [3.05, 3.63) is 96.2 Å². The fourth-order valence-corrected chi connectivity index (χ4v) is 3.89. The number of aryl methyl sites for hydroxylation is 1. The average Bonchev–Trinajstić information content (AvgIpc) is 3.42. The highest BCUT2D eigenvalue weighted by atomic mass is 32.2. The van der Waals surface area contributed by atoms with Crippen LogP contribution in [-0.4, -0.2) is 26.2 Å². The molecule has 8 heteroatoms. The summed E-state index contributed by atoms with van der Waals surface area (Å²) in [7, 11) is 1.84. The van der Waals surface area contributed by atoms with Crippen LogP contribution >= 0.6 is 11.8 Å². The Morgan fingerprint density at radius 2 is 2.06 bits per heavy atom. The summed E-state index contributed by atoms with van der Waals surface area (Å²) in [6, 6.07) is 15.3. The molecule has 4 rings (SSSR count). The summed E-state index contributed by atoms with van der Waals surface area (Å²) in [5, 5.41) is 2.97. The number of carbonyl (C=O) groups excluding carboxylic acids is 1. The van der Waals surface area contributed by atoms with Gasteiger partial charge in [-0.1, -0.05) is 30.3 Å². The number of nitrogens with zero attached hydrogens (tertiary/aromatic N) is 3. The maximum atomic E-state index is 13.8. The molecule has 158 valence electrons. The maximum absolute atomic E-state index is 13.8.